The Bertz CT molecular complexity index is 1500. The second-order valence-corrected chi connectivity index (χ2v) is 8.04. The number of imidazole rings is 2. The number of aryl methyl sites for hydroxylation is 3. The van der Waals surface area contributed by atoms with Gasteiger partial charge in [0.2, 0.25) is 0 Å². The predicted octanol–water partition coefficient (Wildman–Crippen LogP) is 5.47. The van der Waals surface area contributed by atoms with Gasteiger partial charge in [0.25, 0.3) is 0 Å². The number of pyridine rings is 1. The number of nitrogens with one attached hydrogen (secondary N) is 2. The molecule has 4 heterocycles. The van der Waals surface area contributed by atoms with Crippen LogP contribution in [0.2, 0.25) is 0 Å². The Morgan fingerprint density at radius 3 is 2.79 bits per heavy atom. The predicted molar refractivity (Wildman–Crippen MR) is 132 cm³/mol. The van der Waals surface area contributed by atoms with Crippen LogP contribution in [-0.4, -0.2) is 34.7 Å². The van der Waals surface area contributed by atoms with Crippen molar-refractivity contribution in [3.63, 3.8) is 0 Å². The molecule has 0 amide bonds. The highest BCUT2D eigenvalue weighted by molar-refractivity contribution is 5.94. The molecule has 0 radical (unpaired) electrons. The lowest BCUT2D eigenvalue weighted by Crippen LogP contribution is -1.98. The maximum atomic E-state index is 4.92. The second kappa shape index (κ2) is 8.35. The minimum Gasteiger partial charge on any atom is -0.340 e. The van der Waals surface area contributed by atoms with E-state index in [9.17, 15) is 0 Å². The summed E-state index contributed by atoms with van der Waals surface area (Å²) in [5.41, 5.74) is 8.73. The first-order chi connectivity index (χ1) is 16.1. The highest BCUT2D eigenvalue weighted by Crippen LogP contribution is 2.31. The Labute approximate surface area is 192 Å². The van der Waals surface area contributed by atoms with Crippen molar-refractivity contribution in [1.82, 2.24) is 34.7 Å². The molecule has 7 heteroatoms. The molecule has 5 rings (SSSR count). The minimum absolute atomic E-state index is 0.707. The number of aromatic amines is 2. The Hall–Kier alpha value is -4.26. The van der Waals surface area contributed by atoms with Crippen molar-refractivity contribution in [3.05, 3.63) is 90.6 Å². The molecule has 0 aliphatic rings. The van der Waals surface area contributed by atoms with Crippen LogP contribution in [-0.2, 0) is 6.42 Å². The topological polar surface area (TPSA) is 88.1 Å². The Morgan fingerprint density at radius 1 is 1.15 bits per heavy atom. The number of rotatable bonds is 6. The molecule has 0 atom stereocenters. The molecule has 0 bridgehead atoms. The number of nitrogens with zero attached hydrogens (tertiary/aromatic N) is 5. The fourth-order valence-electron chi connectivity index (χ4n) is 3.99. The van der Waals surface area contributed by atoms with Crippen molar-refractivity contribution >= 4 is 16.6 Å². The summed E-state index contributed by atoms with van der Waals surface area (Å²) in [5.74, 6) is 0.707. The van der Waals surface area contributed by atoms with E-state index in [4.69, 9.17) is 4.98 Å². The smallest absolute Gasteiger partial charge is 0.159 e. The Balaban J connectivity index is 1.60. The van der Waals surface area contributed by atoms with Crippen molar-refractivity contribution in [2.75, 3.05) is 0 Å². The average molecular weight is 436 g/mol. The van der Waals surface area contributed by atoms with Crippen LogP contribution in [0.4, 0.5) is 0 Å². The maximum absolute atomic E-state index is 4.92. The molecule has 7 nitrogen and oxygen atoms in total. The minimum atomic E-state index is 0.707. The summed E-state index contributed by atoms with van der Waals surface area (Å²) in [7, 11) is 0. The van der Waals surface area contributed by atoms with Gasteiger partial charge in [-0.1, -0.05) is 25.6 Å². The van der Waals surface area contributed by atoms with Crippen LogP contribution in [0.3, 0.4) is 0 Å². The van der Waals surface area contributed by atoms with Crippen molar-refractivity contribution in [1.29, 1.82) is 0 Å². The second-order valence-electron chi connectivity index (χ2n) is 8.04. The van der Waals surface area contributed by atoms with Crippen LogP contribution < -0.4 is 0 Å². The largest absolute Gasteiger partial charge is 0.340 e. The molecule has 0 fully saturated rings. The first-order valence-electron chi connectivity index (χ1n) is 10.9. The fourth-order valence-corrected chi connectivity index (χ4v) is 3.99. The number of fused-ring (bicyclic) bond motifs is 1. The average Bonchev–Trinajstić information content (AvgIpc) is 3.55. The summed E-state index contributed by atoms with van der Waals surface area (Å²) >= 11 is 0. The van der Waals surface area contributed by atoms with E-state index in [0.29, 0.717) is 5.82 Å². The van der Waals surface area contributed by atoms with Gasteiger partial charge >= 0.3 is 0 Å². The molecule has 0 saturated carbocycles. The van der Waals surface area contributed by atoms with E-state index in [0.717, 1.165) is 56.9 Å². The van der Waals surface area contributed by atoms with E-state index in [1.54, 1.807) is 12.4 Å². The van der Waals surface area contributed by atoms with Crippen LogP contribution in [0.25, 0.3) is 39.2 Å². The Kier molecular flexibility index (Phi) is 5.22. The molecule has 33 heavy (non-hydrogen) atoms. The highest BCUT2D eigenvalue weighted by atomic mass is 15.1. The van der Waals surface area contributed by atoms with Crippen molar-refractivity contribution < 1.29 is 0 Å². The summed E-state index contributed by atoms with van der Waals surface area (Å²) in [6.07, 6.45) is 12.2. The van der Waals surface area contributed by atoms with Crippen molar-refractivity contribution in [2.24, 2.45) is 0 Å². The zero-order chi connectivity index (χ0) is 22.9. The molecule has 164 valence electrons. The summed E-state index contributed by atoms with van der Waals surface area (Å²) in [4.78, 5) is 17.1. The summed E-state index contributed by atoms with van der Waals surface area (Å²) in [5, 5.41) is 8.71. The van der Waals surface area contributed by atoms with Crippen molar-refractivity contribution in [3.8, 4) is 22.6 Å². The van der Waals surface area contributed by atoms with Crippen LogP contribution >= 0.6 is 0 Å². The number of H-pyrrole nitrogens is 2. The molecule has 5 aromatic rings. The number of hydrogen-bond acceptors (Lipinski definition) is 4. The van der Waals surface area contributed by atoms with Gasteiger partial charge in [0.1, 0.15) is 11.4 Å². The van der Waals surface area contributed by atoms with Gasteiger partial charge in [0, 0.05) is 35.2 Å². The van der Waals surface area contributed by atoms with Crippen LogP contribution in [0.5, 0.6) is 0 Å². The first kappa shape index (κ1) is 20.6. The van der Waals surface area contributed by atoms with Gasteiger partial charge in [0.15, 0.2) is 5.82 Å². The molecule has 0 saturated heterocycles. The summed E-state index contributed by atoms with van der Waals surface area (Å²) < 4.78 is 1.96. The molecule has 0 aliphatic heterocycles. The lowest BCUT2D eigenvalue weighted by Gasteiger charge is -2.05. The highest BCUT2D eigenvalue weighted by Gasteiger charge is 2.18. The standard InChI is InChI=1S/C26H25N7/c1-5-7-23(33-14-16(3)28-15-33)24-17(4)29-26(30-24)25-21-11-19(8-9-22(21)31-32-25)20-10-18(6-2)12-27-13-20/h5,7-15H,1,6H2,2-4H3,(H,29,30)(H,31,32)/b23-7+. The maximum Gasteiger partial charge on any atom is 0.159 e. The lowest BCUT2D eigenvalue weighted by molar-refractivity contribution is 1.06. The fraction of sp³-hybridized carbons (Fsp3) is 0.154. The van der Waals surface area contributed by atoms with Gasteiger partial charge in [-0.25, -0.2) is 9.97 Å². The normalized spacial score (nSPS) is 11.9. The molecule has 0 unspecified atom stereocenters. The van der Waals surface area contributed by atoms with Gasteiger partial charge in [-0.3, -0.25) is 10.1 Å². The summed E-state index contributed by atoms with van der Waals surface area (Å²) in [6.45, 7) is 9.97. The van der Waals surface area contributed by atoms with Gasteiger partial charge in [-0.15, -0.1) is 0 Å². The molecular weight excluding hydrogens is 410 g/mol. The van der Waals surface area contributed by atoms with E-state index in [1.165, 1.54) is 5.56 Å². The van der Waals surface area contributed by atoms with E-state index >= 15 is 0 Å². The first-order valence-corrected chi connectivity index (χ1v) is 10.9. The van der Waals surface area contributed by atoms with Crippen LogP contribution in [0.15, 0.2) is 67.9 Å². The molecule has 2 N–H and O–H groups in total. The molecule has 0 aliphatic carbocycles. The Morgan fingerprint density at radius 2 is 2.03 bits per heavy atom. The van der Waals surface area contributed by atoms with E-state index < -0.39 is 0 Å². The zero-order valence-electron chi connectivity index (χ0n) is 18.9. The van der Waals surface area contributed by atoms with E-state index in [1.807, 2.05) is 49.1 Å². The number of benzene rings is 1. The number of allylic oxidation sites excluding steroid dienone is 2. The number of aromatic nitrogens is 7. The molecular formula is C26H25N7. The van der Waals surface area contributed by atoms with E-state index in [-0.39, 0.29) is 0 Å². The third kappa shape index (κ3) is 3.78. The van der Waals surface area contributed by atoms with Crippen molar-refractivity contribution in [2.45, 2.75) is 27.2 Å². The molecule has 0 spiro atoms. The van der Waals surface area contributed by atoms with Gasteiger partial charge in [-0.05, 0) is 55.7 Å². The number of hydrogen-bond donors (Lipinski definition) is 2. The van der Waals surface area contributed by atoms with Gasteiger partial charge < -0.3 is 9.55 Å². The third-order valence-electron chi connectivity index (χ3n) is 5.72. The molecule has 4 aromatic heterocycles. The molecule has 1 aromatic carbocycles. The zero-order valence-corrected chi connectivity index (χ0v) is 18.9. The third-order valence-corrected chi connectivity index (χ3v) is 5.72. The van der Waals surface area contributed by atoms with E-state index in [2.05, 4.69) is 56.9 Å². The van der Waals surface area contributed by atoms with Crippen LogP contribution in [0.1, 0.15) is 29.6 Å². The SMILES string of the molecule is C=C/C=C(\c1nc(-c2n[nH]c3ccc(-c4cncc(CC)c4)cc23)[nH]c1C)n1cnc(C)c1. The van der Waals surface area contributed by atoms with Gasteiger partial charge in [0.05, 0.1) is 23.2 Å². The lowest BCUT2D eigenvalue weighted by atomic mass is 10.0. The monoisotopic (exact) mass is 435 g/mol. The van der Waals surface area contributed by atoms with Gasteiger partial charge in [-0.2, -0.15) is 5.10 Å². The summed E-state index contributed by atoms with van der Waals surface area (Å²) in [6, 6.07) is 8.46. The van der Waals surface area contributed by atoms with Crippen LogP contribution in [0, 0.1) is 13.8 Å². The quantitative estimate of drug-likeness (QED) is 0.346.